The van der Waals surface area contributed by atoms with Crippen LogP contribution in [0.25, 0.3) is 0 Å². The molecule has 4 heteroatoms. The van der Waals surface area contributed by atoms with Crippen molar-refractivity contribution in [2.24, 2.45) is 0 Å². The molecule has 0 amide bonds. The Hall–Kier alpha value is -1.09. The molecule has 1 atom stereocenters. The summed E-state index contributed by atoms with van der Waals surface area (Å²) in [5.41, 5.74) is 1.89. The fourth-order valence-electron chi connectivity index (χ4n) is 1.85. The van der Waals surface area contributed by atoms with Crippen molar-refractivity contribution in [1.29, 1.82) is 0 Å². The molecule has 2 aromatic carbocycles. The Morgan fingerprint density at radius 1 is 1.16 bits per heavy atom. The van der Waals surface area contributed by atoms with E-state index in [9.17, 15) is 9.50 Å². The van der Waals surface area contributed by atoms with E-state index in [-0.39, 0.29) is 6.42 Å². The Morgan fingerprint density at radius 3 is 2.53 bits per heavy atom. The summed E-state index contributed by atoms with van der Waals surface area (Å²) < 4.78 is 13.6. The van der Waals surface area contributed by atoms with Gasteiger partial charge in [-0.05, 0) is 36.2 Å². The summed E-state index contributed by atoms with van der Waals surface area (Å²) >= 11 is 12.0. The molecule has 2 rings (SSSR count). The van der Waals surface area contributed by atoms with Crippen LogP contribution in [0.1, 0.15) is 22.8 Å². The molecule has 0 heterocycles. The molecule has 0 bridgehead atoms. The van der Waals surface area contributed by atoms with Crippen LogP contribution in [0.15, 0.2) is 36.4 Å². The lowest BCUT2D eigenvalue weighted by Crippen LogP contribution is -2.04. The number of rotatable bonds is 3. The number of aliphatic hydroxyl groups is 1. The standard InChI is InChI=1S/C15H13Cl2FO/c1-9-5-6-10(7-13(9)17)15(19)8-11-12(16)3-2-4-14(11)18/h2-7,15,19H,8H2,1H3. The van der Waals surface area contributed by atoms with Crippen LogP contribution in [-0.4, -0.2) is 5.11 Å². The zero-order chi connectivity index (χ0) is 14.0. The summed E-state index contributed by atoms with van der Waals surface area (Å²) in [5.74, 6) is -0.412. The van der Waals surface area contributed by atoms with Gasteiger partial charge in [0.05, 0.1) is 6.10 Å². The average molecular weight is 299 g/mol. The third-order valence-corrected chi connectivity index (χ3v) is 3.80. The van der Waals surface area contributed by atoms with E-state index >= 15 is 0 Å². The van der Waals surface area contributed by atoms with Crippen LogP contribution >= 0.6 is 23.2 Å². The zero-order valence-electron chi connectivity index (χ0n) is 10.3. The summed E-state index contributed by atoms with van der Waals surface area (Å²) in [6.07, 6.45) is -0.724. The number of hydrogen-bond acceptors (Lipinski definition) is 1. The Labute approximate surface area is 121 Å². The normalized spacial score (nSPS) is 12.5. The van der Waals surface area contributed by atoms with Crippen molar-refractivity contribution in [1.82, 2.24) is 0 Å². The van der Waals surface area contributed by atoms with E-state index in [1.54, 1.807) is 18.2 Å². The van der Waals surface area contributed by atoms with E-state index in [2.05, 4.69) is 0 Å². The lowest BCUT2D eigenvalue weighted by Gasteiger charge is -2.14. The van der Waals surface area contributed by atoms with Crippen molar-refractivity contribution in [2.75, 3.05) is 0 Å². The molecule has 0 aliphatic heterocycles. The maximum atomic E-state index is 13.6. The largest absolute Gasteiger partial charge is 0.388 e. The number of aryl methyl sites for hydroxylation is 1. The third-order valence-electron chi connectivity index (χ3n) is 3.04. The summed E-state index contributed by atoms with van der Waals surface area (Å²) in [7, 11) is 0. The van der Waals surface area contributed by atoms with Crippen molar-refractivity contribution < 1.29 is 9.50 Å². The second kappa shape index (κ2) is 5.91. The van der Waals surface area contributed by atoms with Gasteiger partial charge in [-0.3, -0.25) is 0 Å². The first kappa shape index (κ1) is 14.3. The fourth-order valence-corrected chi connectivity index (χ4v) is 2.28. The van der Waals surface area contributed by atoms with Crippen LogP contribution in [-0.2, 0) is 6.42 Å². The van der Waals surface area contributed by atoms with Gasteiger partial charge in [-0.15, -0.1) is 0 Å². The average Bonchev–Trinajstić information content (AvgIpc) is 2.37. The zero-order valence-corrected chi connectivity index (χ0v) is 11.8. The van der Waals surface area contributed by atoms with E-state index in [1.165, 1.54) is 12.1 Å². The quantitative estimate of drug-likeness (QED) is 0.869. The Morgan fingerprint density at radius 2 is 1.89 bits per heavy atom. The van der Waals surface area contributed by atoms with E-state index in [0.717, 1.165) is 5.56 Å². The van der Waals surface area contributed by atoms with Crippen LogP contribution in [0, 0.1) is 12.7 Å². The van der Waals surface area contributed by atoms with Crippen molar-refractivity contribution in [3.05, 3.63) is 69.0 Å². The van der Waals surface area contributed by atoms with Gasteiger partial charge in [-0.2, -0.15) is 0 Å². The maximum Gasteiger partial charge on any atom is 0.127 e. The van der Waals surface area contributed by atoms with Crippen LogP contribution in [0.2, 0.25) is 10.0 Å². The second-order valence-corrected chi connectivity index (χ2v) is 5.24. The van der Waals surface area contributed by atoms with Crippen molar-refractivity contribution in [3.8, 4) is 0 Å². The van der Waals surface area contributed by atoms with Crippen LogP contribution in [0.4, 0.5) is 4.39 Å². The van der Waals surface area contributed by atoms with Crippen LogP contribution in [0.3, 0.4) is 0 Å². The molecule has 0 aliphatic rings. The van der Waals surface area contributed by atoms with Crippen molar-refractivity contribution in [3.63, 3.8) is 0 Å². The molecule has 100 valence electrons. The van der Waals surface area contributed by atoms with Gasteiger partial charge in [0.15, 0.2) is 0 Å². The molecule has 1 N–H and O–H groups in total. The summed E-state index contributed by atoms with van der Waals surface area (Å²) in [6.45, 7) is 1.88. The molecule has 19 heavy (non-hydrogen) atoms. The lowest BCUT2D eigenvalue weighted by atomic mass is 10.00. The predicted octanol–water partition coefficient (Wildman–Crippen LogP) is 4.72. The molecular formula is C15H13Cl2FO. The van der Waals surface area contributed by atoms with Gasteiger partial charge in [0.1, 0.15) is 5.82 Å². The van der Waals surface area contributed by atoms with E-state index in [4.69, 9.17) is 23.2 Å². The van der Waals surface area contributed by atoms with Crippen molar-refractivity contribution >= 4 is 23.2 Å². The summed E-state index contributed by atoms with van der Waals surface area (Å²) in [4.78, 5) is 0. The van der Waals surface area contributed by atoms with Gasteiger partial charge < -0.3 is 5.11 Å². The Bertz CT molecular complexity index is 578. The lowest BCUT2D eigenvalue weighted by molar-refractivity contribution is 0.177. The minimum absolute atomic E-state index is 0.116. The number of benzene rings is 2. The first-order valence-electron chi connectivity index (χ1n) is 5.86. The van der Waals surface area contributed by atoms with Gasteiger partial charge in [-0.1, -0.05) is 41.4 Å². The molecule has 0 saturated heterocycles. The third kappa shape index (κ3) is 3.27. The highest BCUT2D eigenvalue weighted by Gasteiger charge is 2.15. The molecule has 0 spiro atoms. The van der Waals surface area contributed by atoms with Crippen LogP contribution in [0.5, 0.6) is 0 Å². The Kier molecular flexibility index (Phi) is 4.46. The van der Waals surface area contributed by atoms with Gasteiger partial charge in [-0.25, -0.2) is 4.39 Å². The van der Waals surface area contributed by atoms with E-state index in [0.29, 0.717) is 21.2 Å². The highest BCUT2D eigenvalue weighted by Crippen LogP contribution is 2.27. The predicted molar refractivity (Wildman–Crippen MR) is 76.3 cm³/mol. The van der Waals surface area contributed by atoms with Crippen LogP contribution < -0.4 is 0 Å². The number of hydrogen-bond donors (Lipinski definition) is 1. The highest BCUT2D eigenvalue weighted by atomic mass is 35.5. The summed E-state index contributed by atoms with van der Waals surface area (Å²) in [5, 5.41) is 11.1. The highest BCUT2D eigenvalue weighted by molar-refractivity contribution is 6.31. The Balaban J connectivity index is 2.25. The summed E-state index contributed by atoms with van der Waals surface area (Å²) in [6, 6.07) is 9.77. The van der Waals surface area contributed by atoms with Gasteiger partial charge in [0.25, 0.3) is 0 Å². The van der Waals surface area contributed by atoms with Gasteiger partial charge >= 0.3 is 0 Å². The van der Waals surface area contributed by atoms with E-state index < -0.39 is 11.9 Å². The first-order chi connectivity index (χ1) is 8.99. The molecule has 2 aromatic rings. The molecule has 1 nitrogen and oxygen atoms in total. The van der Waals surface area contributed by atoms with E-state index in [1.807, 2.05) is 13.0 Å². The maximum absolute atomic E-state index is 13.6. The van der Waals surface area contributed by atoms with Crippen molar-refractivity contribution in [2.45, 2.75) is 19.4 Å². The van der Waals surface area contributed by atoms with Gasteiger partial charge in [0, 0.05) is 22.0 Å². The number of aliphatic hydroxyl groups excluding tert-OH is 1. The molecule has 0 fully saturated rings. The van der Waals surface area contributed by atoms with Gasteiger partial charge in [0.2, 0.25) is 0 Å². The number of halogens is 3. The first-order valence-corrected chi connectivity index (χ1v) is 6.61. The SMILES string of the molecule is Cc1ccc(C(O)Cc2c(F)cccc2Cl)cc1Cl. The molecule has 1 unspecified atom stereocenters. The fraction of sp³-hybridized carbons (Fsp3) is 0.200. The minimum atomic E-state index is -0.840. The molecule has 0 radical (unpaired) electrons. The monoisotopic (exact) mass is 298 g/mol. The molecular weight excluding hydrogens is 286 g/mol. The molecule has 0 saturated carbocycles. The topological polar surface area (TPSA) is 20.2 Å². The molecule has 0 aliphatic carbocycles. The second-order valence-electron chi connectivity index (χ2n) is 4.43. The molecule has 0 aromatic heterocycles. The minimum Gasteiger partial charge on any atom is -0.388 e. The smallest absolute Gasteiger partial charge is 0.127 e.